The minimum Gasteiger partial charge on any atom is -0.500 e. The minimum atomic E-state index is -2.54. The van der Waals surface area contributed by atoms with Gasteiger partial charge in [0, 0.05) is 69.7 Å². The summed E-state index contributed by atoms with van der Waals surface area (Å²) in [5, 5.41) is 22.4. The van der Waals surface area contributed by atoms with Crippen LogP contribution in [0.3, 0.4) is 0 Å². The molecule has 10 aromatic rings. The number of hydrogen-bond donors (Lipinski definition) is 0. The number of furan rings is 1. The molecule has 0 amide bonds. The number of imidazole rings is 1. The molecule has 8 nitrogen and oxygen atoms in total. The number of para-hydroxylation sites is 3. The zero-order valence-corrected chi connectivity index (χ0v) is 39.0. The third-order valence-electron chi connectivity index (χ3n) is 11.0. The van der Waals surface area contributed by atoms with E-state index in [1.165, 1.54) is 30.5 Å². The van der Waals surface area contributed by atoms with Crippen molar-refractivity contribution in [1.29, 1.82) is 5.26 Å². The van der Waals surface area contributed by atoms with Gasteiger partial charge in [0.25, 0.3) is 0 Å². The van der Waals surface area contributed by atoms with Crippen LogP contribution in [0.2, 0.25) is 0 Å². The number of benzene rings is 6. The molecule has 10 rings (SSSR count). The Morgan fingerprint density at radius 1 is 0.738 bits per heavy atom. The largest absolute Gasteiger partial charge is 0.500 e. The van der Waals surface area contributed by atoms with Crippen LogP contribution in [0.5, 0.6) is 0 Å². The van der Waals surface area contributed by atoms with Crippen LogP contribution < -0.4 is 0 Å². The fourth-order valence-corrected chi connectivity index (χ4v) is 8.10. The van der Waals surface area contributed by atoms with Crippen molar-refractivity contribution in [2.45, 2.75) is 80.3 Å². The van der Waals surface area contributed by atoms with Crippen molar-refractivity contribution >= 4 is 43.7 Å². The summed E-state index contributed by atoms with van der Waals surface area (Å²) in [4.78, 5) is 9.15. The Bertz CT molecular complexity index is 3790. The van der Waals surface area contributed by atoms with Crippen LogP contribution in [-0.4, -0.2) is 29.3 Å². The molecule has 9 heteroatoms. The SMILES string of the molecule is [2H]C([2H])([2H])c1cccc(C([2H])([2H])[2H])c1-n1c(-c2[c-]cccc2)nc2ccccc21.[2H]C([2H])([2H])c1cnc(-c2[c-]ccc3c2oc2c4cc(-n5c(C(C)C)nnc5C(C)C)c(C#N)cc4ccc32)cc1C([2H])([2H])C(C)C.[Ir]. The summed E-state index contributed by atoms with van der Waals surface area (Å²) in [7, 11) is 0. The Kier molecular flexibility index (Phi) is 9.31. The van der Waals surface area contributed by atoms with Gasteiger partial charge in [0.15, 0.2) is 0 Å². The predicted molar refractivity (Wildman–Crippen MR) is 259 cm³/mol. The van der Waals surface area contributed by atoms with E-state index in [1.54, 1.807) is 36.6 Å². The molecule has 0 N–H and O–H groups in total. The van der Waals surface area contributed by atoms with E-state index in [9.17, 15) is 5.26 Å². The molecule has 0 spiro atoms. The molecule has 6 aromatic carbocycles. The van der Waals surface area contributed by atoms with Crippen molar-refractivity contribution in [3.8, 4) is 40.1 Å². The Morgan fingerprint density at radius 2 is 1.46 bits per heavy atom. The predicted octanol–water partition coefficient (Wildman–Crippen LogP) is 13.9. The number of pyridine rings is 1. The Balaban J connectivity index is 0.000000220. The van der Waals surface area contributed by atoms with E-state index in [0.29, 0.717) is 56.1 Å². The van der Waals surface area contributed by atoms with Crippen LogP contribution >= 0.6 is 0 Å². The van der Waals surface area contributed by atoms with Gasteiger partial charge < -0.3 is 14.0 Å². The molecule has 0 aliphatic rings. The maximum absolute atomic E-state index is 10.2. The van der Waals surface area contributed by atoms with E-state index in [0.717, 1.165) is 33.2 Å². The van der Waals surface area contributed by atoms with Gasteiger partial charge in [-0.25, -0.2) is 0 Å². The Morgan fingerprint density at radius 3 is 2.14 bits per heavy atom. The number of aromatic nitrogens is 6. The zero-order chi connectivity index (χ0) is 54.1. The van der Waals surface area contributed by atoms with E-state index >= 15 is 0 Å². The fourth-order valence-electron chi connectivity index (χ4n) is 8.10. The molecule has 0 aliphatic carbocycles. The molecule has 0 saturated carbocycles. The third-order valence-corrected chi connectivity index (χ3v) is 11.0. The molecule has 65 heavy (non-hydrogen) atoms. The van der Waals surface area contributed by atoms with Crippen molar-refractivity contribution in [2.75, 3.05) is 0 Å². The van der Waals surface area contributed by atoms with Gasteiger partial charge in [-0.3, -0.25) is 9.55 Å². The summed E-state index contributed by atoms with van der Waals surface area (Å²) in [5.41, 5.74) is 5.04. The topological polar surface area (TPSA) is 98.3 Å². The first-order chi connectivity index (χ1) is 35.3. The van der Waals surface area contributed by atoms with Crippen molar-refractivity contribution in [1.82, 2.24) is 29.3 Å². The van der Waals surface area contributed by atoms with E-state index in [1.807, 2.05) is 99.0 Å². The summed E-state index contributed by atoms with van der Waals surface area (Å²) in [6.07, 6.45) is -0.670. The maximum atomic E-state index is 10.2. The average Bonchev–Trinajstić information content (AvgIpc) is 4.14. The number of aryl methyl sites for hydroxylation is 3. The summed E-state index contributed by atoms with van der Waals surface area (Å²) in [6.45, 7) is 4.09. The van der Waals surface area contributed by atoms with Gasteiger partial charge in [0.2, 0.25) is 0 Å². The molecule has 0 aliphatic heterocycles. The van der Waals surface area contributed by atoms with Crippen molar-refractivity contribution < 1.29 is 39.6 Å². The van der Waals surface area contributed by atoms with E-state index in [-0.39, 0.29) is 59.9 Å². The number of nitriles is 1. The van der Waals surface area contributed by atoms with E-state index < -0.39 is 32.8 Å². The molecular weight excluding hydrogens is 979 g/mol. The standard InChI is InChI=1S/C35H34N5O.C21H17N2.Ir/c1-19(2)13-24-15-30(37-18-22(24)7)28-10-8-9-26-27-12-11-23-14-25(17-36)31(16-29(23)33(27)41-32(26)28)40-34(20(3)4)38-39-35(40)21(5)6;1-15-9-8-10-16(2)20(15)23-19-14-7-6-13-18(19)22-21(23)17-11-4-3-5-12-17;/h8-9,11-12,14-16,18-21H,13H2,1-7H3;3-11,13-14H,1-2H3;/q2*-1;/i7D3,13D2;1D3,2D3;. The van der Waals surface area contributed by atoms with Gasteiger partial charge in [-0.05, 0) is 84.9 Å². The molecule has 1 radical (unpaired) electrons. The fraction of sp³-hybridized carbons (Fsp3) is 0.232. The monoisotopic (exact) mass is 1040 g/mol. The zero-order valence-electron chi connectivity index (χ0n) is 47.6. The molecule has 4 aromatic heterocycles. The second kappa shape index (κ2) is 18.4. The summed E-state index contributed by atoms with van der Waals surface area (Å²) >= 11 is 0. The van der Waals surface area contributed by atoms with E-state index in [2.05, 4.69) is 38.4 Å². The summed E-state index contributed by atoms with van der Waals surface area (Å²) in [6, 6.07) is 40.4. The van der Waals surface area contributed by atoms with Gasteiger partial charge in [-0.1, -0.05) is 107 Å². The van der Waals surface area contributed by atoms with Crippen LogP contribution in [0.25, 0.3) is 77.8 Å². The molecule has 0 fully saturated rings. The molecule has 0 saturated heterocycles. The van der Waals surface area contributed by atoms with Crippen LogP contribution in [0.1, 0.15) is 108 Å². The molecule has 327 valence electrons. The molecule has 0 unspecified atom stereocenters. The Hall–Kier alpha value is -6.72. The quantitative estimate of drug-likeness (QED) is 0.141. The van der Waals surface area contributed by atoms with Crippen molar-refractivity contribution in [3.63, 3.8) is 0 Å². The normalized spacial score (nSPS) is 14.8. The number of rotatable bonds is 8. The Labute approximate surface area is 409 Å². The van der Waals surface area contributed by atoms with Crippen molar-refractivity contribution in [3.05, 3.63) is 167 Å². The van der Waals surface area contributed by atoms with Crippen molar-refractivity contribution in [2.24, 2.45) is 5.92 Å². The van der Waals surface area contributed by atoms with Crippen LogP contribution in [0, 0.1) is 49.9 Å². The summed E-state index contributed by atoms with van der Waals surface area (Å²) in [5.74, 6) is 1.62. The minimum absolute atomic E-state index is 0. The number of nitrogens with zero attached hydrogens (tertiary/aromatic N) is 7. The maximum Gasteiger partial charge on any atom is 0.140 e. The molecular formula is C56H51IrN7O-2. The van der Waals surface area contributed by atoms with Gasteiger partial charge >= 0.3 is 0 Å². The molecule has 4 heterocycles. The van der Waals surface area contributed by atoms with E-state index in [4.69, 9.17) is 19.5 Å². The number of hydrogen-bond acceptors (Lipinski definition) is 6. The van der Waals surface area contributed by atoms with Gasteiger partial charge in [0.05, 0.1) is 33.7 Å². The van der Waals surface area contributed by atoms with Gasteiger partial charge in [0.1, 0.15) is 23.3 Å². The summed E-state index contributed by atoms with van der Waals surface area (Å²) < 4.78 is 99.9. The molecule has 0 atom stereocenters. The second-order valence-corrected chi connectivity index (χ2v) is 16.6. The smallest absolute Gasteiger partial charge is 0.140 e. The third kappa shape index (κ3) is 8.29. The first-order valence-electron chi connectivity index (χ1n) is 26.6. The van der Waals surface area contributed by atoms with Gasteiger partial charge in [-0.15, -0.1) is 64.3 Å². The second-order valence-electron chi connectivity index (χ2n) is 16.6. The average molecular weight is 1040 g/mol. The first-order valence-corrected chi connectivity index (χ1v) is 21.1. The van der Waals surface area contributed by atoms with Gasteiger partial charge in [-0.2, -0.15) is 5.26 Å². The first kappa shape index (κ1) is 32.9. The van der Waals surface area contributed by atoms with Crippen LogP contribution in [0.4, 0.5) is 0 Å². The van der Waals surface area contributed by atoms with Crippen LogP contribution in [-0.2, 0) is 26.5 Å². The molecule has 0 bridgehead atoms. The number of fused-ring (bicyclic) bond motifs is 6. The van der Waals surface area contributed by atoms with Crippen LogP contribution in [0.15, 0.2) is 120 Å².